The zero-order valence-electron chi connectivity index (χ0n) is 13.8. The van der Waals surface area contributed by atoms with E-state index in [9.17, 15) is 9.59 Å². The third-order valence-electron chi connectivity index (χ3n) is 5.77. The molecule has 0 spiro atoms. The second kappa shape index (κ2) is 5.38. The van der Waals surface area contributed by atoms with Crippen molar-refractivity contribution < 1.29 is 19.1 Å². The van der Waals surface area contributed by atoms with Crippen LogP contribution in [0, 0.1) is 22.2 Å². The van der Waals surface area contributed by atoms with Crippen molar-refractivity contribution in [2.24, 2.45) is 22.2 Å². The molecule has 0 aromatic heterocycles. The summed E-state index contributed by atoms with van der Waals surface area (Å²) in [6, 6.07) is 0. The first kappa shape index (κ1) is 17.0. The van der Waals surface area contributed by atoms with Crippen LogP contribution in [-0.2, 0) is 19.1 Å². The van der Waals surface area contributed by atoms with Crippen LogP contribution in [0.25, 0.3) is 0 Å². The summed E-state index contributed by atoms with van der Waals surface area (Å²) in [5, 5.41) is 0. The molecule has 1 fully saturated rings. The van der Waals surface area contributed by atoms with Crippen LogP contribution < -0.4 is 0 Å². The van der Waals surface area contributed by atoms with E-state index in [0.29, 0.717) is 6.42 Å². The van der Waals surface area contributed by atoms with E-state index < -0.39 is 22.8 Å². The predicted octanol–water partition coefficient (Wildman–Crippen LogP) is 3.19. The standard InChI is InChI=1S/C16H28O4/c1-8-19-12(17)16(13(18)20-9-2)10-11(3)14(4,5)15(16,6)7/h11H,8-10H2,1-7H3. The van der Waals surface area contributed by atoms with Crippen LogP contribution in [0.4, 0.5) is 0 Å². The Hall–Kier alpha value is -1.06. The fraction of sp³-hybridized carbons (Fsp3) is 0.875. The zero-order chi connectivity index (χ0) is 15.8. The summed E-state index contributed by atoms with van der Waals surface area (Å²) in [6.45, 7) is 14.3. The molecule has 0 radical (unpaired) electrons. The number of hydrogen-bond donors (Lipinski definition) is 0. The lowest BCUT2D eigenvalue weighted by molar-refractivity contribution is -0.182. The molecule has 0 saturated heterocycles. The Kier molecular flexibility index (Phi) is 4.57. The lowest BCUT2D eigenvalue weighted by Gasteiger charge is -2.44. The normalized spacial score (nSPS) is 26.1. The van der Waals surface area contributed by atoms with E-state index in [1.807, 2.05) is 13.8 Å². The summed E-state index contributed by atoms with van der Waals surface area (Å²) >= 11 is 0. The predicted molar refractivity (Wildman–Crippen MR) is 77.0 cm³/mol. The monoisotopic (exact) mass is 284 g/mol. The fourth-order valence-electron chi connectivity index (χ4n) is 3.40. The van der Waals surface area contributed by atoms with E-state index in [4.69, 9.17) is 9.47 Å². The van der Waals surface area contributed by atoms with Crippen LogP contribution in [0.2, 0.25) is 0 Å². The van der Waals surface area contributed by atoms with Crippen molar-refractivity contribution in [2.45, 2.75) is 54.9 Å². The Labute approximate surface area is 122 Å². The summed E-state index contributed by atoms with van der Waals surface area (Å²) in [5.41, 5.74) is -1.90. The Morgan fingerprint density at radius 1 is 1.00 bits per heavy atom. The van der Waals surface area contributed by atoms with Crippen LogP contribution in [0.1, 0.15) is 54.9 Å². The van der Waals surface area contributed by atoms with Gasteiger partial charge in [-0.2, -0.15) is 0 Å². The lowest BCUT2D eigenvalue weighted by atomic mass is 9.58. The minimum atomic E-state index is -1.21. The van der Waals surface area contributed by atoms with Crippen LogP contribution in [0.15, 0.2) is 0 Å². The van der Waals surface area contributed by atoms with Crippen molar-refractivity contribution in [1.29, 1.82) is 0 Å². The Morgan fingerprint density at radius 3 is 1.65 bits per heavy atom. The summed E-state index contributed by atoms with van der Waals surface area (Å²) in [7, 11) is 0. The molecule has 0 aliphatic heterocycles. The Balaban J connectivity index is 3.40. The molecule has 1 saturated carbocycles. The highest BCUT2D eigenvalue weighted by atomic mass is 16.6. The van der Waals surface area contributed by atoms with Crippen molar-refractivity contribution in [3.05, 3.63) is 0 Å². The lowest BCUT2D eigenvalue weighted by Crippen LogP contribution is -2.52. The average Bonchev–Trinajstić information content (AvgIpc) is 2.48. The number of rotatable bonds is 4. The maximum absolute atomic E-state index is 12.6. The van der Waals surface area contributed by atoms with Crippen LogP contribution in [0.3, 0.4) is 0 Å². The van der Waals surface area contributed by atoms with Crippen molar-refractivity contribution in [3.63, 3.8) is 0 Å². The van der Waals surface area contributed by atoms with Gasteiger partial charge in [0.05, 0.1) is 13.2 Å². The molecular weight excluding hydrogens is 256 g/mol. The molecule has 1 unspecified atom stereocenters. The van der Waals surface area contributed by atoms with Gasteiger partial charge in [-0.15, -0.1) is 0 Å². The first-order valence-corrected chi connectivity index (χ1v) is 7.44. The van der Waals surface area contributed by atoms with Crippen molar-refractivity contribution in [1.82, 2.24) is 0 Å². The molecule has 0 aromatic rings. The SMILES string of the molecule is CCOC(=O)C1(C(=O)OCC)CC(C)C(C)(C)C1(C)C. The zero-order valence-corrected chi connectivity index (χ0v) is 13.8. The highest BCUT2D eigenvalue weighted by Gasteiger charge is 2.70. The smallest absolute Gasteiger partial charge is 0.324 e. The van der Waals surface area contributed by atoms with Gasteiger partial charge in [0.1, 0.15) is 0 Å². The third kappa shape index (κ3) is 2.04. The number of esters is 2. The molecule has 4 nitrogen and oxygen atoms in total. The first-order valence-electron chi connectivity index (χ1n) is 7.44. The largest absolute Gasteiger partial charge is 0.465 e. The number of hydrogen-bond acceptors (Lipinski definition) is 4. The molecule has 1 aliphatic carbocycles. The summed E-state index contributed by atoms with van der Waals surface area (Å²) in [5.74, 6) is -0.659. The molecule has 0 aromatic carbocycles. The molecule has 4 heteroatoms. The van der Waals surface area contributed by atoms with Crippen LogP contribution in [-0.4, -0.2) is 25.2 Å². The van der Waals surface area contributed by atoms with Gasteiger partial charge in [0, 0.05) is 0 Å². The number of carbonyl (C=O) groups excluding carboxylic acids is 2. The van der Waals surface area contributed by atoms with Gasteiger partial charge in [-0.3, -0.25) is 9.59 Å². The Bertz CT molecular complexity index is 377. The molecule has 1 aliphatic rings. The van der Waals surface area contributed by atoms with Crippen LogP contribution >= 0.6 is 0 Å². The van der Waals surface area contributed by atoms with Gasteiger partial charge in [0.15, 0.2) is 5.41 Å². The van der Waals surface area contributed by atoms with Gasteiger partial charge in [0.2, 0.25) is 0 Å². The maximum Gasteiger partial charge on any atom is 0.324 e. The third-order valence-corrected chi connectivity index (χ3v) is 5.77. The van der Waals surface area contributed by atoms with E-state index in [2.05, 4.69) is 20.8 Å². The van der Waals surface area contributed by atoms with Crippen molar-refractivity contribution in [3.8, 4) is 0 Å². The Morgan fingerprint density at radius 2 is 1.40 bits per heavy atom. The van der Waals surface area contributed by atoms with E-state index in [0.717, 1.165) is 0 Å². The van der Waals surface area contributed by atoms with Gasteiger partial charge in [-0.25, -0.2) is 0 Å². The highest BCUT2D eigenvalue weighted by molar-refractivity contribution is 6.01. The molecule has 20 heavy (non-hydrogen) atoms. The number of ether oxygens (including phenoxy) is 2. The van der Waals surface area contributed by atoms with Gasteiger partial charge in [-0.05, 0) is 37.0 Å². The van der Waals surface area contributed by atoms with Crippen LogP contribution in [0.5, 0.6) is 0 Å². The summed E-state index contributed by atoms with van der Waals surface area (Å²) in [4.78, 5) is 25.2. The summed E-state index contributed by atoms with van der Waals surface area (Å²) in [6.07, 6.45) is 0.477. The molecule has 0 N–H and O–H groups in total. The average molecular weight is 284 g/mol. The molecule has 0 heterocycles. The molecular formula is C16H28O4. The van der Waals surface area contributed by atoms with Gasteiger partial charge in [-0.1, -0.05) is 34.6 Å². The van der Waals surface area contributed by atoms with Gasteiger partial charge < -0.3 is 9.47 Å². The second-order valence-electron chi connectivity index (χ2n) is 6.80. The summed E-state index contributed by atoms with van der Waals surface area (Å²) < 4.78 is 10.5. The van der Waals surface area contributed by atoms with E-state index in [1.54, 1.807) is 13.8 Å². The van der Waals surface area contributed by atoms with Crippen molar-refractivity contribution in [2.75, 3.05) is 13.2 Å². The molecule has 0 bridgehead atoms. The van der Waals surface area contributed by atoms with Gasteiger partial charge >= 0.3 is 11.9 Å². The molecule has 1 atom stereocenters. The second-order valence-corrected chi connectivity index (χ2v) is 6.80. The van der Waals surface area contributed by atoms with Crippen molar-refractivity contribution >= 4 is 11.9 Å². The fourth-order valence-corrected chi connectivity index (χ4v) is 3.40. The molecule has 1 rings (SSSR count). The van der Waals surface area contributed by atoms with E-state index in [1.165, 1.54) is 0 Å². The number of carbonyl (C=O) groups is 2. The first-order chi connectivity index (χ1) is 9.09. The van der Waals surface area contributed by atoms with Gasteiger partial charge in [0.25, 0.3) is 0 Å². The van der Waals surface area contributed by atoms with E-state index in [-0.39, 0.29) is 24.5 Å². The molecule has 0 amide bonds. The minimum absolute atomic E-state index is 0.160. The highest BCUT2D eigenvalue weighted by Crippen LogP contribution is 2.65. The quantitative estimate of drug-likeness (QED) is 0.587. The topological polar surface area (TPSA) is 52.6 Å². The van der Waals surface area contributed by atoms with E-state index >= 15 is 0 Å². The minimum Gasteiger partial charge on any atom is -0.465 e. The molecule has 116 valence electrons. The maximum atomic E-state index is 12.6.